The second-order valence-electron chi connectivity index (χ2n) is 9.16. The van der Waals surface area contributed by atoms with E-state index in [1.807, 2.05) is 6.92 Å². The van der Waals surface area contributed by atoms with Crippen molar-refractivity contribution in [3.8, 4) is 5.69 Å². The molecule has 2 fully saturated rings. The van der Waals surface area contributed by atoms with E-state index in [0.29, 0.717) is 24.2 Å². The van der Waals surface area contributed by atoms with Gasteiger partial charge >= 0.3 is 0 Å². The van der Waals surface area contributed by atoms with Gasteiger partial charge in [0, 0.05) is 31.6 Å². The van der Waals surface area contributed by atoms with Gasteiger partial charge in [-0.1, -0.05) is 18.2 Å². The lowest BCUT2D eigenvalue weighted by Gasteiger charge is -2.29. The van der Waals surface area contributed by atoms with E-state index in [1.54, 1.807) is 18.2 Å². The number of carbonyl (C=O) groups is 5. The predicted molar refractivity (Wildman–Crippen MR) is 120 cm³/mol. The Morgan fingerprint density at radius 2 is 2.00 bits per heavy atom. The molecule has 182 valence electrons. The summed E-state index contributed by atoms with van der Waals surface area (Å²) in [5, 5.41) is 15.8. The Kier molecular flexibility index (Phi) is 5.79. The van der Waals surface area contributed by atoms with Crippen molar-refractivity contribution in [2.45, 2.75) is 38.8 Å². The Morgan fingerprint density at radius 1 is 1.17 bits per heavy atom. The van der Waals surface area contributed by atoms with E-state index < -0.39 is 17.9 Å². The van der Waals surface area contributed by atoms with Crippen LogP contribution in [0.25, 0.3) is 5.69 Å². The van der Waals surface area contributed by atoms with E-state index in [0.717, 1.165) is 12.0 Å². The lowest BCUT2D eigenvalue weighted by molar-refractivity contribution is -0.137. The smallest absolute Gasteiger partial charge is 0.273 e. The van der Waals surface area contributed by atoms with Gasteiger partial charge in [-0.25, -0.2) is 4.68 Å². The highest BCUT2D eigenvalue weighted by atomic mass is 16.2. The van der Waals surface area contributed by atoms with Gasteiger partial charge in [-0.15, -0.1) is 5.10 Å². The van der Waals surface area contributed by atoms with Crippen molar-refractivity contribution in [2.75, 3.05) is 13.1 Å². The highest BCUT2D eigenvalue weighted by molar-refractivity contribution is 6.05. The molecule has 3 unspecified atom stereocenters. The third-order valence-corrected chi connectivity index (χ3v) is 6.91. The lowest BCUT2D eigenvalue weighted by atomic mass is 9.87. The molecule has 35 heavy (non-hydrogen) atoms. The molecule has 0 saturated carbocycles. The van der Waals surface area contributed by atoms with E-state index in [9.17, 15) is 24.0 Å². The number of piperidine rings is 2. The Morgan fingerprint density at radius 3 is 2.77 bits per heavy atom. The first kappa shape index (κ1) is 22.7. The second-order valence-corrected chi connectivity index (χ2v) is 9.16. The van der Waals surface area contributed by atoms with Gasteiger partial charge in [-0.2, -0.15) is 0 Å². The third-order valence-electron chi connectivity index (χ3n) is 6.91. The van der Waals surface area contributed by atoms with Crippen LogP contribution >= 0.6 is 0 Å². The normalized spacial score (nSPS) is 24.1. The Bertz CT molecular complexity index is 1240. The Labute approximate surface area is 200 Å². The van der Waals surface area contributed by atoms with Crippen LogP contribution in [0.2, 0.25) is 0 Å². The summed E-state index contributed by atoms with van der Waals surface area (Å²) in [5.74, 6) is -1.73. The van der Waals surface area contributed by atoms with E-state index in [-0.39, 0.29) is 54.8 Å². The fraction of sp³-hybridized carbons (Fsp3) is 0.435. The fourth-order valence-corrected chi connectivity index (χ4v) is 4.78. The molecule has 3 atom stereocenters. The molecular formula is C23H25N7O5. The minimum Gasteiger partial charge on any atom is -0.356 e. The van der Waals surface area contributed by atoms with Gasteiger partial charge in [0.15, 0.2) is 5.69 Å². The number of amides is 5. The molecule has 3 N–H and O–H groups in total. The predicted octanol–water partition coefficient (Wildman–Crippen LogP) is -0.470. The maximum absolute atomic E-state index is 13.0. The van der Waals surface area contributed by atoms with Gasteiger partial charge in [-0.05, 0) is 36.5 Å². The van der Waals surface area contributed by atoms with E-state index in [1.165, 1.54) is 15.8 Å². The van der Waals surface area contributed by atoms with Crippen molar-refractivity contribution in [2.24, 2.45) is 11.8 Å². The number of aromatic nitrogens is 3. The number of fused-ring (bicyclic) bond motifs is 1. The molecule has 5 rings (SSSR count). The van der Waals surface area contributed by atoms with Crippen molar-refractivity contribution >= 4 is 29.5 Å². The first-order valence-electron chi connectivity index (χ1n) is 11.6. The molecule has 0 aliphatic carbocycles. The van der Waals surface area contributed by atoms with Crippen LogP contribution in [0.3, 0.4) is 0 Å². The number of benzene rings is 1. The van der Waals surface area contributed by atoms with Crippen molar-refractivity contribution < 1.29 is 24.0 Å². The Hall–Kier alpha value is -4.09. The molecule has 2 aromatic rings. The molecule has 12 heteroatoms. The molecule has 4 heterocycles. The van der Waals surface area contributed by atoms with Gasteiger partial charge in [0.1, 0.15) is 6.04 Å². The molecule has 3 aliphatic rings. The average Bonchev–Trinajstić information content (AvgIpc) is 3.44. The van der Waals surface area contributed by atoms with Crippen LogP contribution in [0.15, 0.2) is 24.4 Å². The van der Waals surface area contributed by atoms with E-state index in [2.05, 4.69) is 26.3 Å². The maximum atomic E-state index is 13.0. The number of nitrogens with one attached hydrogen (secondary N) is 3. The molecule has 1 aromatic heterocycles. The molecule has 1 aromatic carbocycles. The van der Waals surface area contributed by atoms with E-state index in [4.69, 9.17) is 0 Å². The minimum atomic E-state index is -0.688. The van der Waals surface area contributed by atoms with Gasteiger partial charge in [0.25, 0.3) is 11.8 Å². The molecule has 0 bridgehead atoms. The average molecular weight is 479 g/mol. The number of carbonyl (C=O) groups excluding carboxylic acids is 5. The largest absolute Gasteiger partial charge is 0.356 e. The van der Waals surface area contributed by atoms with E-state index >= 15 is 0 Å². The highest BCUT2D eigenvalue weighted by Crippen LogP contribution is 2.29. The lowest BCUT2D eigenvalue weighted by Crippen LogP contribution is -2.52. The number of hydrogen-bond acceptors (Lipinski definition) is 7. The van der Waals surface area contributed by atoms with Crippen LogP contribution in [-0.2, 0) is 20.9 Å². The molecule has 0 spiro atoms. The SMILES string of the molecule is CC1CCNC(=O)C1CNC(=O)c1cn(-c2ccc3c(c2)C(=O)N(C2CCC(=O)NC2=O)C3)nn1. The minimum absolute atomic E-state index is 0.0677. The summed E-state index contributed by atoms with van der Waals surface area (Å²) in [5.41, 5.74) is 1.83. The van der Waals surface area contributed by atoms with Gasteiger partial charge < -0.3 is 15.5 Å². The first-order chi connectivity index (χ1) is 16.8. The standard InChI is InChI=1S/C23H25N7O5/c1-12-6-7-24-20(32)16(12)9-25-21(33)17-11-30(28-27-17)14-3-2-13-10-29(23(35)15(13)8-14)18-4-5-19(31)26-22(18)34/h2-3,8,11-12,16,18H,4-7,9-10H2,1H3,(H,24,32)(H,25,33)(H,26,31,34). The van der Waals surface area contributed by atoms with Crippen LogP contribution < -0.4 is 16.0 Å². The topological polar surface area (TPSA) is 155 Å². The molecular weight excluding hydrogens is 454 g/mol. The van der Waals surface area contributed by atoms with Gasteiger partial charge in [0.05, 0.1) is 17.8 Å². The number of rotatable bonds is 5. The summed E-state index contributed by atoms with van der Waals surface area (Å²) in [7, 11) is 0. The number of imide groups is 1. The fourth-order valence-electron chi connectivity index (χ4n) is 4.78. The molecule has 0 radical (unpaired) electrons. The van der Waals surface area contributed by atoms with Crippen molar-refractivity contribution in [1.82, 2.24) is 35.8 Å². The van der Waals surface area contributed by atoms with Crippen molar-refractivity contribution in [3.63, 3.8) is 0 Å². The summed E-state index contributed by atoms with van der Waals surface area (Å²) in [4.78, 5) is 62.8. The van der Waals surface area contributed by atoms with Crippen LogP contribution in [0.1, 0.15) is 52.6 Å². The van der Waals surface area contributed by atoms with Crippen LogP contribution in [-0.4, -0.2) is 68.6 Å². The first-order valence-corrected chi connectivity index (χ1v) is 11.6. The molecule has 2 saturated heterocycles. The van der Waals surface area contributed by atoms with Gasteiger partial charge in [0.2, 0.25) is 17.7 Å². The third kappa shape index (κ3) is 4.27. The van der Waals surface area contributed by atoms with Crippen LogP contribution in [0.4, 0.5) is 0 Å². The quantitative estimate of drug-likeness (QED) is 0.490. The second kappa shape index (κ2) is 8.93. The number of nitrogens with zero attached hydrogens (tertiary/aromatic N) is 4. The van der Waals surface area contributed by atoms with Crippen LogP contribution in [0.5, 0.6) is 0 Å². The van der Waals surface area contributed by atoms with Crippen molar-refractivity contribution in [3.05, 3.63) is 41.2 Å². The molecule has 5 amide bonds. The van der Waals surface area contributed by atoms with Crippen LogP contribution in [0, 0.1) is 11.8 Å². The summed E-state index contributed by atoms with van der Waals surface area (Å²) >= 11 is 0. The molecule has 3 aliphatic heterocycles. The Balaban J connectivity index is 1.27. The van der Waals surface area contributed by atoms with Gasteiger partial charge in [-0.3, -0.25) is 29.3 Å². The zero-order valence-corrected chi connectivity index (χ0v) is 19.1. The number of hydrogen-bond donors (Lipinski definition) is 3. The maximum Gasteiger partial charge on any atom is 0.273 e. The highest BCUT2D eigenvalue weighted by Gasteiger charge is 2.39. The zero-order chi connectivity index (χ0) is 24.7. The summed E-state index contributed by atoms with van der Waals surface area (Å²) in [6.45, 7) is 3.12. The van der Waals surface area contributed by atoms with Crippen molar-refractivity contribution in [1.29, 1.82) is 0 Å². The molecule has 12 nitrogen and oxygen atoms in total. The monoisotopic (exact) mass is 479 g/mol. The summed E-state index contributed by atoms with van der Waals surface area (Å²) < 4.78 is 1.40. The zero-order valence-electron chi connectivity index (χ0n) is 19.1. The summed E-state index contributed by atoms with van der Waals surface area (Å²) in [6.07, 6.45) is 2.80. The summed E-state index contributed by atoms with van der Waals surface area (Å²) in [6, 6.07) is 4.49.